The van der Waals surface area contributed by atoms with Crippen LogP contribution in [-0.2, 0) is 5.41 Å². The maximum absolute atomic E-state index is 13.4. The van der Waals surface area contributed by atoms with Crippen molar-refractivity contribution >= 4 is 39.2 Å². The van der Waals surface area contributed by atoms with E-state index in [0.717, 1.165) is 38.7 Å². The Morgan fingerprint density at radius 3 is 1.88 bits per heavy atom. The molecule has 0 aliphatic heterocycles. The normalized spacial score (nSPS) is 11.2. The molecule has 0 saturated heterocycles. The van der Waals surface area contributed by atoms with E-state index in [1.54, 1.807) is 0 Å². The van der Waals surface area contributed by atoms with Crippen molar-refractivity contribution in [2.24, 2.45) is 0 Å². The Kier molecular flexibility index (Phi) is 6.68. The molecule has 0 aromatic heterocycles. The number of hydrogen-bond donors (Lipinski definition) is 0. The standard InChI is InChI=1S/C21H27OP.Li.H/c1-12-9-8-10-13(2)17(12)19(22)18-15(4)20(23)14(3)11-16(18)21(5,6)7;;/h8-11H,23H2,1-7H3;;. The van der Waals surface area contributed by atoms with E-state index in [9.17, 15) is 4.79 Å². The van der Waals surface area contributed by atoms with E-state index in [0.29, 0.717) is 0 Å². The van der Waals surface area contributed by atoms with Crippen LogP contribution in [0.4, 0.5) is 0 Å². The predicted octanol–water partition coefficient (Wildman–Crippen LogP) is 4.30. The molecule has 1 atom stereocenters. The Morgan fingerprint density at radius 2 is 1.42 bits per heavy atom. The van der Waals surface area contributed by atoms with Gasteiger partial charge in [0.05, 0.1) is 0 Å². The maximum atomic E-state index is 13.4. The summed E-state index contributed by atoms with van der Waals surface area (Å²) in [7, 11) is 2.80. The van der Waals surface area contributed by atoms with E-state index < -0.39 is 0 Å². The summed E-state index contributed by atoms with van der Waals surface area (Å²) in [6.45, 7) is 14.7. The minimum atomic E-state index is -0.0739. The average Bonchev–Trinajstić information content (AvgIpc) is 2.43. The molecule has 3 heteroatoms. The van der Waals surface area contributed by atoms with Crippen molar-refractivity contribution in [2.75, 3.05) is 0 Å². The number of carbonyl (C=O) groups is 1. The van der Waals surface area contributed by atoms with E-state index in [1.165, 1.54) is 5.56 Å². The van der Waals surface area contributed by atoms with Gasteiger partial charge in [-0.3, -0.25) is 4.79 Å². The van der Waals surface area contributed by atoms with Crippen LogP contribution in [0.2, 0.25) is 0 Å². The molecule has 0 N–H and O–H groups in total. The van der Waals surface area contributed by atoms with Crippen LogP contribution in [0.3, 0.4) is 0 Å². The van der Waals surface area contributed by atoms with Crippen LogP contribution in [0.25, 0.3) is 0 Å². The molecule has 0 radical (unpaired) electrons. The van der Waals surface area contributed by atoms with Crippen LogP contribution < -0.4 is 5.30 Å². The Labute approximate surface area is 161 Å². The van der Waals surface area contributed by atoms with Gasteiger partial charge in [0.25, 0.3) is 0 Å². The van der Waals surface area contributed by atoms with Crippen LogP contribution >= 0.6 is 9.24 Å². The van der Waals surface area contributed by atoms with Crippen molar-refractivity contribution < 1.29 is 4.79 Å². The van der Waals surface area contributed by atoms with Crippen LogP contribution in [0.5, 0.6) is 0 Å². The van der Waals surface area contributed by atoms with Crippen molar-refractivity contribution in [1.82, 2.24) is 0 Å². The number of aryl methyl sites for hydroxylation is 3. The monoisotopic (exact) mass is 334 g/mol. The van der Waals surface area contributed by atoms with Gasteiger partial charge in [0.2, 0.25) is 0 Å². The van der Waals surface area contributed by atoms with E-state index in [1.807, 2.05) is 32.0 Å². The van der Waals surface area contributed by atoms with E-state index >= 15 is 0 Å². The molecule has 124 valence electrons. The summed E-state index contributed by atoms with van der Waals surface area (Å²) in [5.74, 6) is 0.145. The second kappa shape index (κ2) is 7.57. The first-order valence-corrected chi connectivity index (χ1v) is 8.64. The summed E-state index contributed by atoms with van der Waals surface area (Å²) in [6.07, 6.45) is 0. The minimum absolute atomic E-state index is 0. The molecule has 0 heterocycles. The summed E-state index contributed by atoms with van der Waals surface area (Å²) in [6, 6.07) is 8.22. The topological polar surface area (TPSA) is 17.1 Å². The van der Waals surface area contributed by atoms with Gasteiger partial charge in [-0.25, -0.2) is 0 Å². The molecule has 1 nitrogen and oxygen atoms in total. The van der Waals surface area contributed by atoms with Crippen molar-refractivity contribution in [3.63, 3.8) is 0 Å². The molecule has 2 aromatic carbocycles. The summed E-state index contributed by atoms with van der Waals surface area (Å²) in [5, 5.41) is 1.13. The molecule has 0 amide bonds. The zero-order chi connectivity index (χ0) is 17.5. The summed E-state index contributed by atoms with van der Waals surface area (Å²) < 4.78 is 0. The van der Waals surface area contributed by atoms with Gasteiger partial charge < -0.3 is 0 Å². The van der Waals surface area contributed by atoms with E-state index in [2.05, 4.69) is 49.9 Å². The molecule has 2 aromatic rings. The van der Waals surface area contributed by atoms with Gasteiger partial charge in [0, 0.05) is 11.1 Å². The van der Waals surface area contributed by atoms with Crippen molar-refractivity contribution in [3.05, 3.63) is 63.2 Å². The Hall–Kier alpha value is -0.863. The van der Waals surface area contributed by atoms with Gasteiger partial charge in [-0.1, -0.05) is 45.0 Å². The fourth-order valence-electron chi connectivity index (χ4n) is 3.18. The van der Waals surface area contributed by atoms with Gasteiger partial charge in [-0.15, -0.1) is 9.24 Å². The van der Waals surface area contributed by atoms with E-state index in [4.69, 9.17) is 0 Å². The van der Waals surface area contributed by atoms with Crippen LogP contribution in [0, 0.1) is 27.7 Å². The Balaban J connectivity index is 0.00000288. The second-order valence-corrected chi connectivity index (χ2v) is 8.08. The summed E-state index contributed by atoms with van der Waals surface area (Å²) in [5.41, 5.74) is 7.14. The summed E-state index contributed by atoms with van der Waals surface area (Å²) >= 11 is 0. The van der Waals surface area contributed by atoms with Crippen molar-refractivity contribution in [3.8, 4) is 0 Å². The van der Waals surface area contributed by atoms with Gasteiger partial charge in [0.15, 0.2) is 5.78 Å². The van der Waals surface area contributed by atoms with Gasteiger partial charge in [-0.2, -0.15) is 0 Å². The van der Waals surface area contributed by atoms with Gasteiger partial charge in [0.1, 0.15) is 0 Å². The summed E-state index contributed by atoms with van der Waals surface area (Å²) in [4.78, 5) is 13.4. The first kappa shape index (κ1) is 21.2. The third kappa shape index (κ3) is 3.86. The first-order valence-electron chi connectivity index (χ1n) is 8.06. The average molecular weight is 334 g/mol. The Morgan fingerprint density at radius 1 is 0.917 bits per heavy atom. The zero-order valence-corrected chi connectivity index (χ0v) is 16.4. The predicted molar refractivity (Wildman–Crippen MR) is 110 cm³/mol. The number of hydrogen-bond acceptors (Lipinski definition) is 1. The van der Waals surface area contributed by atoms with Crippen LogP contribution in [0.15, 0.2) is 24.3 Å². The fraction of sp³-hybridized carbons (Fsp3) is 0.381. The van der Waals surface area contributed by atoms with Crippen LogP contribution in [0.1, 0.15) is 64.5 Å². The zero-order valence-electron chi connectivity index (χ0n) is 15.3. The third-order valence-corrected chi connectivity index (χ3v) is 5.47. The molecule has 0 fully saturated rings. The second-order valence-electron chi connectivity index (χ2n) is 7.50. The molecule has 0 bridgehead atoms. The quantitative estimate of drug-likeness (QED) is 0.455. The molecule has 0 saturated carbocycles. The van der Waals surface area contributed by atoms with Gasteiger partial charge >= 0.3 is 18.9 Å². The number of ketones is 1. The number of rotatable bonds is 2. The van der Waals surface area contributed by atoms with Crippen molar-refractivity contribution in [1.29, 1.82) is 0 Å². The molecule has 0 aliphatic rings. The molecule has 1 unspecified atom stereocenters. The molecule has 24 heavy (non-hydrogen) atoms. The molecule has 0 aliphatic carbocycles. The van der Waals surface area contributed by atoms with Crippen molar-refractivity contribution in [2.45, 2.75) is 53.9 Å². The number of carbonyl (C=O) groups excluding carboxylic acids is 1. The van der Waals surface area contributed by atoms with E-state index in [-0.39, 0.29) is 30.1 Å². The fourth-order valence-corrected chi connectivity index (χ4v) is 3.41. The number of benzene rings is 2. The van der Waals surface area contributed by atoms with Gasteiger partial charge in [-0.05, 0) is 66.2 Å². The first-order chi connectivity index (χ1) is 10.6. The molecular formula is C21H28LiOP. The molecule has 2 rings (SSSR count). The van der Waals surface area contributed by atoms with Crippen LogP contribution in [-0.4, -0.2) is 24.6 Å². The third-order valence-electron chi connectivity index (χ3n) is 4.58. The SMILES string of the molecule is Cc1cc(C(C)(C)C)c(C(=O)c2c(C)cccc2C)c(C)c1P.[LiH]. The Bertz CT molecular complexity index is 765. The molecular weight excluding hydrogens is 306 g/mol. The molecule has 0 spiro atoms.